The fraction of sp³-hybridized carbons (Fsp3) is 0.471. The number of hydroxylamine groups is 3. The molecular formula is C17H19NO4. The summed E-state index contributed by atoms with van der Waals surface area (Å²) in [6, 6.07) is 3.82. The van der Waals surface area contributed by atoms with E-state index in [1.165, 1.54) is 0 Å². The van der Waals surface area contributed by atoms with Gasteiger partial charge in [-0.15, -0.1) is 0 Å². The van der Waals surface area contributed by atoms with Crippen molar-refractivity contribution in [2.24, 2.45) is 0 Å². The average Bonchev–Trinajstić information content (AvgIpc) is 2.74. The Morgan fingerprint density at radius 2 is 2.27 bits per heavy atom. The van der Waals surface area contributed by atoms with Gasteiger partial charge < -0.3 is 19.3 Å². The molecule has 1 spiro atoms. The van der Waals surface area contributed by atoms with E-state index < -0.39 is 0 Å². The summed E-state index contributed by atoms with van der Waals surface area (Å²) in [7, 11) is 3.32. The molecule has 5 heteroatoms. The van der Waals surface area contributed by atoms with Crippen LogP contribution in [0.2, 0.25) is 0 Å². The zero-order valence-corrected chi connectivity index (χ0v) is 12.8. The second-order valence-corrected chi connectivity index (χ2v) is 6.71. The van der Waals surface area contributed by atoms with Crippen LogP contribution in [0.1, 0.15) is 24.0 Å². The third kappa shape index (κ3) is 1.76. The molecule has 0 bridgehead atoms. The molecule has 0 fully saturated rings. The lowest BCUT2D eigenvalue weighted by molar-refractivity contribution is -0.874. The Morgan fingerprint density at radius 1 is 1.45 bits per heavy atom. The van der Waals surface area contributed by atoms with Crippen LogP contribution < -0.4 is 9.47 Å². The highest BCUT2D eigenvalue weighted by atomic mass is 16.5. The number of rotatable bonds is 1. The van der Waals surface area contributed by atoms with E-state index in [4.69, 9.17) is 9.47 Å². The van der Waals surface area contributed by atoms with Crippen LogP contribution >= 0.6 is 0 Å². The number of quaternary nitrogens is 1. The van der Waals surface area contributed by atoms with Crippen LogP contribution in [0.3, 0.4) is 0 Å². The Balaban J connectivity index is 1.98. The Bertz CT molecular complexity index is 694. The lowest BCUT2D eigenvalue weighted by Crippen LogP contribution is -2.43. The minimum atomic E-state index is -0.368. The van der Waals surface area contributed by atoms with Gasteiger partial charge in [0.2, 0.25) is 0 Å². The van der Waals surface area contributed by atoms with Gasteiger partial charge in [-0.3, -0.25) is 4.79 Å². The van der Waals surface area contributed by atoms with Crippen molar-refractivity contribution in [1.29, 1.82) is 0 Å². The lowest BCUT2D eigenvalue weighted by atomic mass is 9.69. The summed E-state index contributed by atoms with van der Waals surface area (Å²) in [5.41, 5.74) is 1.69. The topological polar surface area (TPSA) is 58.6 Å². The van der Waals surface area contributed by atoms with Gasteiger partial charge >= 0.3 is 0 Å². The summed E-state index contributed by atoms with van der Waals surface area (Å²) in [6.07, 6.45) is 4.43. The van der Waals surface area contributed by atoms with Crippen molar-refractivity contribution < 1.29 is 18.9 Å². The molecule has 1 aromatic rings. The van der Waals surface area contributed by atoms with E-state index in [9.17, 15) is 10.0 Å². The Labute approximate surface area is 129 Å². The van der Waals surface area contributed by atoms with Gasteiger partial charge in [0, 0.05) is 24.0 Å². The largest absolute Gasteiger partial charge is 0.633 e. The molecular weight excluding hydrogens is 282 g/mol. The van der Waals surface area contributed by atoms with Crippen LogP contribution in [0.15, 0.2) is 24.3 Å². The van der Waals surface area contributed by atoms with Crippen molar-refractivity contribution in [1.82, 2.24) is 0 Å². The molecule has 4 rings (SSSR count). The second kappa shape index (κ2) is 4.33. The monoisotopic (exact) mass is 301 g/mol. The van der Waals surface area contributed by atoms with E-state index in [1.807, 2.05) is 18.2 Å². The van der Waals surface area contributed by atoms with Crippen molar-refractivity contribution in [3.63, 3.8) is 0 Å². The predicted octanol–water partition coefficient (Wildman–Crippen LogP) is 2.07. The van der Waals surface area contributed by atoms with Gasteiger partial charge in [0.1, 0.15) is 12.6 Å². The zero-order chi connectivity index (χ0) is 15.5. The van der Waals surface area contributed by atoms with Gasteiger partial charge in [-0.05, 0) is 18.2 Å². The van der Waals surface area contributed by atoms with Crippen LogP contribution in [0.5, 0.6) is 11.5 Å². The first-order chi connectivity index (χ1) is 10.5. The Kier molecular flexibility index (Phi) is 2.72. The maximum absolute atomic E-state index is 12.7. The molecule has 22 heavy (non-hydrogen) atoms. The van der Waals surface area contributed by atoms with Crippen LogP contribution in [0, 0.1) is 5.21 Å². The van der Waals surface area contributed by atoms with Crippen molar-refractivity contribution in [2.75, 3.05) is 20.7 Å². The Morgan fingerprint density at radius 3 is 3.05 bits per heavy atom. The third-order valence-corrected chi connectivity index (χ3v) is 5.18. The molecule has 5 nitrogen and oxygen atoms in total. The Hall–Kier alpha value is -1.85. The van der Waals surface area contributed by atoms with Crippen LogP contribution in [-0.4, -0.2) is 37.2 Å². The van der Waals surface area contributed by atoms with Crippen LogP contribution in [-0.2, 0) is 16.8 Å². The smallest absolute Gasteiger partial charge is 0.166 e. The van der Waals surface area contributed by atoms with Gasteiger partial charge in [0.05, 0.1) is 26.1 Å². The molecule has 0 amide bonds. The highest BCUT2D eigenvalue weighted by Gasteiger charge is 2.54. The standard InChI is InChI=1S/C17H19NO4/c1-18(20)8-7-17-6-5-12(19)9-14(17)22-16-13(21-2)4-3-11(10-18)15(16)17/h3-6,14H,7-10H2,1-2H3/t14-,17-,18?/m0/s1. The fourth-order valence-electron chi connectivity index (χ4n) is 4.07. The summed E-state index contributed by atoms with van der Waals surface area (Å²) in [6.45, 7) is 0.931. The third-order valence-electron chi connectivity index (χ3n) is 5.18. The first-order valence-electron chi connectivity index (χ1n) is 7.60. The quantitative estimate of drug-likeness (QED) is 0.588. The van der Waals surface area contributed by atoms with Crippen LogP contribution in [0.4, 0.5) is 0 Å². The molecule has 3 aliphatic rings. The molecule has 1 aromatic carbocycles. The number of carbonyl (C=O) groups is 1. The van der Waals surface area contributed by atoms with Crippen LogP contribution in [0.25, 0.3) is 0 Å². The number of ketones is 1. The number of methoxy groups -OCH3 is 1. The maximum atomic E-state index is 12.7. The van der Waals surface area contributed by atoms with E-state index in [0.29, 0.717) is 37.4 Å². The number of hydrogen-bond acceptors (Lipinski definition) is 4. The number of ether oxygens (including phenoxy) is 2. The van der Waals surface area contributed by atoms with Gasteiger partial charge in [0.25, 0.3) is 0 Å². The van der Waals surface area contributed by atoms with Gasteiger partial charge in [-0.1, -0.05) is 6.08 Å². The molecule has 0 saturated carbocycles. The number of allylic oxidation sites excluding steroid dienone is 1. The average molecular weight is 301 g/mol. The van der Waals surface area contributed by atoms with Crippen molar-refractivity contribution in [2.45, 2.75) is 30.9 Å². The van der Waals surface area contributed by atoms with E-state index >= 15 is 0 Å². The van der Waals surface area contributed by atoms with Crippen molar-refractivity contribution in [3.05, 3.63) is 40.6 Å². The van der Waals surface area contributed by atoms with E-state index in [2.05, 4.69) is 0 Å². The molecule has 1 aliphatic carbocycles. The predicted molar refractivity (Wildman–Crippen MR) is 80.6 cm³/mol. The molecule has 3 atom stereocenters. The minimum Gasteiger partial charge on any atom is -0.633 e. The van der Waals surface area contributed by atoms with E-state index in [0.717, 1.165) is 11.1 Å². The number of benzene rings is 1. The molecule has 0 N–H and O–H groups in total. The fourth-order valence-corrected chi connectivity index (χ4v) is 4.07. The maximum Gasteiger partial charge on any atom is 0.166 e. The first-order valence-corrected chi connectivity index (χ1v) is 7.60. The summed E-state index contributed by atoms with van der Waals surface area (Å²) in [5, 5.41) is 12.7. The van der Waals surface area contributed by atoms with Gasteiger partial charge in [-0.2, -0.15) is 0 Å². The van der Waals surface area contributed by atoms with E-state index in [-0.39, 0.29) is 21.9 Å². The second-order valence-electron chi connectivity index (χ2n) is 6.71. The molecule has 2 aliphatic heterocycles. The number of carbonyl (C=O) groups excluding carboxylic acids is 1. The van der Waals surface area contributed by atoms with Gasteiger partial charge in [0.15, 0.2) is 17.3 Å². The number of nitrogens with zero attached hydrogens (tertiary/aromatic N) is 1. The van der Waals surface area contributed by atoms with E-state index in [1.54, 1.807) is 20.2 Å². The SMILES string of the molecule is COc1ccc2c3c1O[C@H]1CC(=O)C=C[C@@]31CC[N+](C)([O-])C2. The van der Waals surface area contributed by atoms with Crippen molar-refractivity contribution in [3.8, 4) is 11.5 Å². The molecule has 0 radical (unpaired) electrons. The van der Waals surface area contributed by atoms with Crippen molar-refractivity contribution >= 4 is 5.78 Å². The summed E-state index contributed by atoms with van der Waals surface area (Å²) in [4.78, 5) is 11.8. The van der Waals surface area contributed by atoms with Gasteiger partial charge in [-0.25, -0.2) is 0 Å². The summed E-state index contributed by atoms with van der Waals surface area (Å²) >= 11 is 0. The highest BCUT2D eigenvalue weighted by Crippen LogP contribution is 2.55. The number of hydrogen-bond donors (Lipinski definition) is 0. The zero-order valence-electron chi connectivity index (χ0n) is 12.8. The molecule has 0 saturated heterocycles. The summed E-state index contributed by atoms with van der Waals surface area (Å²) < 4.78 is 11.3. The molecule has 2 heterocycles. The minimum absolute atomic E-state index is 0.0765. The first kappa shape index (κ1) is 13.8. The highest BCUT2D eigenvalue weighted by molar-refractivity contribution is 5.92. The molecule has 116 valence electrons. The lowest BCUT2D eigenvalue weighted by Gasteiger charge is -2.39. The normalized spacial score (nSPS) is 35.4. The summed E-state index contributed by atoms with van der Waals surface area (Å²) in [5.74, 6) is 1.47. The molecule has 0 aromatic heterocycles. The molecule has 1 unspecified atom stereocenters.